The van der Waals surface area contributed by atoms with Crippen LogP contribution in [-0.4, -0.2) is 11.5 Å². The zero-order chi connectivity index (χ0) is 12.3. The first-order valence-corrected chi connectivity index (χ1v) is 6.81. The first-order chi connectivity index (χ1) is 8.15. The van der Waals surface area contributed by atoms with Crippen molar-refractivity contribution in [2.45, 2.75) is 52.5 Å². The molecular formula is C14H24N2O. The summed E-state index contributed by atoms with van der Waals surface area (Å²) in [5, 5.41) is 3.54. The van der Waals surface area contributed by atoms with E-state index in [2.05, 4.69) is 24.1 Å². The molecule has 0 spiro atoms. The van der Waals surface area contributed by atoms with E-state index < -0.39 is 0 Å². The molecule has 0 radical (unpaired) electrons. The van der Waals surface area contributed by atoms with E-state index in [1.165, 1.54) is 25.7 Å². The van der Waals surface area contributed by atoms with Crippen molar-refractivity contribution in [1.82, 2.24) is 10.3 Å². The summed E-state index contributed by atoms with van der Waals surface area (Å²) in [4.78, 5) is 4.26. The van der Waals surface area contributed by atoms with E-state index in [4.69, 9.17) is 4.42 Å². The number of nitrogens with one attached hydrogen (secondary N) is 1. The van der Waals surface area contributed by atoms with Crippen molar-refractivity contribution in [1.29, 1.82) is 0 Å². The van der Waals surface area contributed by atoms with Gasteiger partial charge in [0, 0.05) is 0 Å². The molecule has 1 fully saturated rings. The van der Waals surface area contributed by atoms with Crippen LogP contribution in [0.3, 0.4) is 0 Å². The molecule has 0 amide bonds. The Kier molecular flexibility index (Phi) is 4.21. The number of rotatable bonds is 4. The number of oxazole rings is 1. The van der Waals surface area contributed by atoms with Crippen LogP contribution in [0, 0.1) is 18.8 Å². The molecule has 0 bridgehead atoms. The smallest absolute Gasteiger partial charge is 0.211 e. The fourth-order valence-electron chi connectivity index (χ4n) is 2.54. The van der Waals surface area contributed by atoms with E-state index in [-0.39, 0.29) is 6.04 Å². The van der Waals surface area contributed by atoms with Crippen LogP contribution in [0.25, 0.3) is 0 Å². The molecule has 3 heteroatoms. The minimum Gasteiger partial charge on any atom is -0.444 e. The predicted octanol–water partition coefficient (Wildman–Crippen LogP) is 3.46. The summed E-state index contributed by atoms with van der Waals surface area (Å²) in [5.41, 5.74) is 0. The van der Waals surface area contributed by atoms with Gasteiger partial charge in [0.25, 0.3) is 0 Å². The van der Waals surface area contributed by atoms with Gasteiger partial charge >= 0.3 is 0 Å². The standard InChI is InChI=1S/C14H24N2O/c1-10-4-6-13(7-5-10)9-15-12(3)14-16-8-11(2)17-14/h8,10,12-13,15H,4-7,9H2,1-3H3. The third kappa shape index (κ3) is 3.56. The number of nitrogens with zero attached hydrogens (tertiary/aromatic N) is 1. The summed E-state index contributed by atoms with van der Waals surface area (Å²) in [6, 6.07) is 0.225. The lowest BCUT2D eigenvalue weighted by Crippen LogP contribution is -2.28. The molecule has 96 valence electrons. The highest BCUT2D eigenvalue weighted by Crippen LogP contribution is 2.28. The van der Waals surface area contributed by atoms with Crippen molar-refractivity contribution in [2.24, 2.45) is 11.8 Å². The Morgan fingerprint density at radius 3 is 2.71 bits per heavy atom. The molecule has 3 nitrogen and oxygen atoms in total. The third-order valence-corrected chi connectivity index (χ3v) is 3.86. The summed E-state index contributed by atoms with van der Waals surface area (Å²) in [6.45, 7) is 7.51. The molecule has 2 rings (SSSR count). The van der Waals surface area contributed by atoms with Crippen LogP contribution in [0.15, 0.2) is 10.6 Å². The molecule has 1 atom stereocenters. The molecule has 1 saturated carbocycles. The quantitative estimate of drug-likeness (QED) is 0.870. The third-order valence-electron chi connectivity index (χ3n) is 3.86. The maximum atomic E-state index is 5.53. The van der Waals surface area contributed by atoms with Gasteiger partial charge < -0.3 is 9.73 Å². The molecule has 1 aliphatic rings. The van der Waals surface area contributed by atoms with Gasteiger partial charge in [-0.05, 0) is 45.1 Å². The van der Waals surface area contributed by atoms with E-state index in [0.29, 0.717) is 0 Å². The maximum Gasteiger partial charge on any atom is 0.211 e. The highest BCUT2D eigenvalue weighted by atomic mass is 16.4. The van der Waals surface area contributed by atoms with E-state index in [9.17, 15) is 0 Å². The molecule has 1 aromatic heterocycles. The van der Waals surface area contributed by atoms with Crippen molar-refractivity contribution >= 4 is 0 Å². The van der Waals surface area contributed by atoms with E-state index in [1.807, 2.05) is 6.92 Å². The lowest BCUT2D eigenvalue weighted by Gasteiger charge is -2.27. The van der Waals surface area contributed by atoms with Crippen molar-refractivity contribution < 1.29 is 4.42 Å². The molecule has 0 aliphatic heterocycles. The summed E-state index contributed by atoms with van der Waals surface area (Å²) < 4.78 is 5.53. The van der Waals surface area contributed by atoms with Crippen molar-refractivity contribution in [3.8, 4) is 0 Å². The number of aryl methyl sites for hydroxylation is 1. The van der Waals surface area contributed by atoms with E-state index in [1.54, 1.807) is 6.20 Å². The van der Waals surface area contributed by atoms with Gasteiger partial charge in [0.1, 0.15) is 5.76 Å². The summed E-state index contributed by atoms with van der Waals surface area (Å²) >= 11 is 0. The average Bonchev–Trinajstić information content (AvgIpc) is 2.75. The number of hydrogen-bond acceptors (Lipinski definition) is 3. The highest BCUT2D eigenvalue weighted by molar-refractivity contribution is 4.95. The maximum absolute atomic E-state index is 5.53. The fraction of sp³-hybridized carbons (Fsp3) is 0.786. The van der Waals surface area contributed by atoms with Crippen LogP contribution in [0.1, 0.15) is 57.2 Å². The van der Waals surface area contributed by atoms with Crippen molar-refractivity contribution in [3.05, 3.63) is 17.8 Å². The average molecular weight is 236 g/mol. The Balaban J connectivity index is 1.74. The minimum absolute atomic E-state index is 0.225. The molecule has 1 unspecified atom stereocenters. The van der Waals surface area contributed by atoms with Gasteiger partial charge in [0.2, 0.25) is 5.89 Å². The predicted molar refractivity (Wildman–Crippen MR) is 68.8 cm³/mol. The highest BCUT2D eigenvalue weighted by Gasteiger charge is 2.19. The summed E-state index contributed by atoms with van der Waals surface area (Å²) in [7, 11) is 0. The molecule has 1 aliphatic carbocycles. The van der Waals surface area contributed by atoms with Gasteiger partial charge in [-0.15, -0.1) is 0 Å². The molecule has 0 aromatic carbocycles. The van der Waals surface area contributed by atoms with Crippen LogP contribution < -0.4 is 5.32 Å². The van der Waals surface area contributed by atoms with Crippen LogP contribution in [0.4, 0.5) is 0 Å². The van der Waals surface area contributed by atoms with Crippen molar-refractivity contribution in [2.75, 3.05) is 6.54 Å². The van der Waals surface area contributed by atoms with Gasteiger partial charge in [-0.25, -0.2) is 4.98 Å². The van der Waals surface area contributed by atoms with Gasteiger partial charge in [0.15, 0.2) is 0 Å². The lowest BCUT2D eigenvalue weighted by molar-refractivity contribution is 0.270. The number of hydrogen-bond donors (Lipinski definition) is 1. The number of aromatic nitrogens is 1. The van der Waals surface area contributed by atoms with Crippen LogP contribution >= 0.6 is 0 Å². The van der Waals surface area contributed by atoms with Crippen LogP contribution in [0.5, 0.6) is 0 Å². The topological polar surface area (TPSA) is 38.1 Å². The van der Waals surface area contributed by atoms with Gasteiger partial charge in [-0.3, -0.25) is 0 Å². The molecule has 1 heterocycles. The first kappa shape index (κ1) is 12.6. The van der Waals surface area contributed by atoms with Gasteiger partial charge in [0.05, 0.1) is 12.2 Å². The molecule has 17 heavy (non-hydrogen) atoms. The van der Waals surface area contributed by atoms with Gasteiger partial charge in [-0.1, -0.05) is 19.8 Å². The fourth-order valence-corrected chi connectivity index (χ4v) is 2.54. The second kappa shape index (κ2) is 5.67. The Morgan fingerprint density at radius 2 is 2.12 bits per heavy atom. The largest absolute Gasteiger partial charge is 0.444 e. The molecule has 1 N–H and O–H groups in total. The summed E-state index contributed by atoms with van der Waals surface area (Å²) in [6.07, 6.45) is 7.30. The van der Waals surface area contributed by atoms with Crippen LogP contribution in [0.2, 0.25) is 0 Å². The Bertz CT molecular complexity index is 340. The Labute approximate surface area is 104 Å². The Hall–Kier alpha value is -0.830. The molecule has 0 saturated heterocycles. The molecular weight excluding hydrogens is 212 g/mol. The normalized spacial score (nSPS) is 27.0. The zero-order valence-corrected chi connectivity index (χ0v) is 11.2. The Morgan fingerprint density at radius 1 is 1.41 bits per heavy atom. The second-order valence-electron chi connectivity index (χ2n) is 5.56. The van der Waals surface area contributed by atoms with Crippen molar-refractivity contribution in [3.63, 3.8) is 0 Å². The monoisotopic (exact) mass is 236 g/mol. The SMILES string of the molecule is Cc1cnc(C(C)NCC2CCC(C)CC2)o1. The van der Waals surface area contributed by atoms with E-state index in [0.717, 1.165) is 30.0 Å². The lowest BCUT2D eigenvalue weighted by atomic mass is 9.83. The summed E-state index contributed by atoms with van der Waals surface area (Å²) in [5.74, 6) is 3.47. The zero-order valence-electron chi connectivity index (χ0n) is 11.2. The molecule has 1 aromatic rings. The van der Waals surface area contributed by atoms with Gasteiger partial charge in [-0.2, -0.15) is 0 Å². The first-order valence-electron chi connectivity index (χ1n) is 6.81. The minimum atomic E-state index is 0.225. The van der Waals surface area contributed by atoms with Crippen LogP contribution in [-0.2, 0) is 0 Å². The van der Waals surface area contributed by atoms with E-state index >= 15 is 0 Å². The second-order valence-corrected chi connectivity index (χ2v) is 5.56.